The van der Waals surface area contributed by atoms with Crippen molar-refractivity contribution in [2.75, 3.05) is 0 Å². The Morgan fingerprint density at radius 3 is 2.57 bits per heavy atom. The SMILES string of the molecule is O=C(O)C(O)c1c(Br)cc(F)cc1I. The lowest BCUT2D eigenvalue weighted by atomic mass is 10.1. The molecule has 2 N–H and O–H groups in total. The lowest BCUT2D eigenvalue weighted by Gasteiger charge is -2.10. The van der Waals surface area contributed by atoms with Crippen LogP contribution in [-0.4, -0.2) is 16.2 Å². The van der Waals surface area contributed by atoms with Gasteiger partial charge >= 0.3 is 5.97 Å². The monoisotopic (exact) mass is 374 g/mol. The molecule has 76 valence electrons. The highest BCUT2D eigenvalue weighted by Crippen LogP contribution is 2.29. The summed E-state index contributed by atoms with van der Waals surface area (Å²) in [5.74, 6) is -1.85. The zero-order chi connectivity index (χ0) is 10.9. The van der Waals surface area contributed by atoms with Gasteiger partial charge in [-0.3, -0.25) is 0 Å². The van der Waals surface area contributed by atoms with Crippen molar-refractivity contribution in [1.82, 2.24) is 0 Å². The van der Waals surface area contributed by atoms with E-state index in [1.807, 2.05) is 0 Å². The van der Waals surface area contributed by atoms with E-state index >= 15 is 0 Å². The molecular weight excluding hydrogens is 370 g/mol. The van der Waals surface area contributed by atoms with Gasteiger partial charge in [0, 0.05) is 13.6 Å². The van der Waals surface area contributed by atoms with Crippen LogP contribution in [-0.2, 0) is 4.79 Å². The molecule has 0 bridgehead atoms. The Hall–Kier alpha value is -0.210. The topological polar surface area (TPSA) is 57.5 Å². The van der Waals surface area contributed by atoms with Crippen LogP contribution in [0.25, 0.3) is 0 Å². The zero-order valence-corrected chi connectivity index (χ0v) is 10.4. The summed E-state index contributed by atoms with van der Waals surface area (Å²) in [5.41, 5.74) is 0.166. The molecule has 0 radical (unpaired) electrons. The van der Waals surface area contributed by atoms with Gasteiger partial charge < -0.3 is 10.2 Å². The van der Waals surface area contributed by atoms with Crippen LogP contribution in [0.2, 0.25) is 0 Å². The number of carboxylic acids is 1. The summed E-state index contributed by atoms with van der Waals surface area (Å²) in [6.45, 7) is 0. The highest BCUT2D eigenvalue weighted by Gasteiger charge is 2.22. The fourth-order valence-electron chi connectivity index (χ4n) is 0.938. The number of carboxylic acid groups (broad SMARTS) is 1. The predicted octanol–water partition coefficient (Wildman–Crippen LogP) is 2.31. The summed E-state index contributed by atoms with van der Waals surface area (Å²) in [6, 6.07) is 2.27. The maximum absolute atomic E-state index is 12.8. The van der Waals surface area contributed by atoms with E-state index in [9.17, 15) is 14.3 Å². The number of aliphatic hydroxyl groups is 1. The normalized spacial score (nSPS) is 12.6. The van der Waals surface area contributed by atoms with Crippen molar-refractivity contribution in [2.45, 2.75) is 6.10 Å². The predicted molar refractivity (Wildman–Crippen MR) is 59.4 cm³/mol. The summed E-state index contributed by atoms with van der Waals surface area (Å²) >= 11 is 4.77. The first kappa shape index (κ1) is 11.9. The van der Waals surface area contributed by atoms with E-state index in [2.05, 4.69) is 15.9 Å². The number of benzene rings is 1. The minimum absolute atomic E-state index is 0.166. The second-order valence-corrected chi connectivity index (χ2v) is 4.54. The number of aliphatic hydroxyl groups excluding tert-OH is 1. The number of rotatable bonds is 2. The summed E-state index contributed by atoms with van der Waals surface area (Å²) in [7, 11) is 0. The number of hydrogen-bond donors (Lipinski definition) is 2. The minimum Gasteiger partial charge on any atom is -0.479 e. The van der Waals surface area contributed by atoms with Gasteiger partial charge in [-0.15, -0.1) is 0 Å². The van der Waals surface area contributed by atoms with Crippen LogP contribution in [0.3, 0.4) is 0 Å². The third-order valence-corrected chi connectivity index (χ3v) is 3.10. The lowest BCUT2D eigenvalue weighted by molar-refractivity contribution is -0.147. The van der Waals surface area contributed by atoms with Crippen molar-refractivity contribution in [3.05, 3.63) is 31.6 Å². The fourth-order valence-corrected chi connectivity index (χ4v) is 2.84. The number of carbonyl (C=O) groups is 1. The standard InChI is InChI=1S/C8H5BrFIO3/c9-4-1-3(10)2-5(11)6(4)7(12)8(13)14/h1-2,7,12H,(H,13,14). The van der Waals surface area contributed by atoms with Gasteiger partial charge in [-0.2, -0.15) is 0 Å². The minimum atomic E-state index is -1.64. The van der Waals surface area contributed by atoms with Gasteiger partial charge in [-0.05, 0) is 34.7 Å². The number of hydrogen-bond acceptors (Lipinski definition) is 2. The third-order valence-electron chi connectivity index (χ3n) is 1.55. The third kappa shape index (κ3) is 2.43. The van der Waals surface area contributed by atoms with Crippen LogP contribution in [0, 0.1) is 9.39 Å². The van der Waals surface area contributed by atoms with Crippen LogP contribution in [0.4, 0.5) is 4.39 Å². The van der Waals surface area contributed by atoms with Gasteiger partial charge in [-0.1, -0.05) is 15.9 Å². The van der Waals surface area contributed by atoms with Crippen molar-refractivity contribution in [1.29, 1.82) is 0 Å². The molecule has 0 saturated heterocycles. The Morgan fingerprint density at radius 2 is 2.14 bits per heavy atom. The average Bonchev–Trinajstić information content (AvgIpc) is 2.01. The summed E-state index contributed by atoms with van der Waals surface area (Å²) < 4.78 is 13.4. The van der Waals surface area contributed by atoms with E-state index in [1.54, 1.807) is 22.6 Å². The van der Waals surface area contributed by atoms with Gasteiger partial charge in [0.25, 0.3) is 0 Å². The Labute approximate surface area is 101 Å². The van der Waals surface area contributed by atoms with E-state index in [0.717, 1.165) is 12.1 Å². The van der Waals surface area contributed by atoms with Gasteiger partial charge in [0.2, 0.25) is 0 Å². The molecule has 0 aromatic heterocycles. The van der Waals surface area contributed by atoms with Gasteiger partial charge in [0.05, 0.1) is 0 Å². The Bertz CT molecular complexity index is 360. The first-order valence-electron chi connectivity index (χ1n) is 3.48. The molecule has 0 fully saturated rings. The molecule has 1 aromatic rings. The van der Waals surface area contributed by atoms with Crippen molar-refractivity contribution in [3.8, 4) is 0 Å². The summed E-state index contributed by atoms with van der Waals surface area (Å²) in [5, 5.41) is 17.9. The molecule has 0 aliphatic carbocycles. The fraction of sp³-hybridized carbons (Fsp3) is 0.125. The summed E-state index contributed by atoms with van der Waals surface area (Å²) in [4.78, 5) is 10.5. The molecule has 0 heterocycles. The molecule has 0 saturated carbocycles. The second-order valence-electron chi connectivity index (χ2n) is 2.52. The first-order valence-corrected chi connectivity index (χ1v) is 5.36. The van der Waals surface area contributed by atoms with Crippen molar-refractivity contribution < 1.29 is 19.4 Å². The number of aliphatic carboxylic acids is 1. The Balaban J connectivity index is 3.27. The molecule has 3 nitrogen and oxygen atoms in total. The van der Waals surface area contributed by atoms with Crippen LogP contribution in [0.15, 0.2) is 16.6 Å². The first-order chi connectivity index (χ1) is 6.43. The van der Waals surface area contributed by atoms with E-state index < -0.39 is 17.9 Å². The van der Waals surface area contributed by atoms with E-state index in [1.165, 1.54) is 0 Å². The van der Waals surface area contributed by atoms with Crippen molar-refractivity contribution in [3.63, 3.8) is 0 Å². The molecular formula is C8H5BrFIO3. The van der Waals surface area contributed by atoms with Crippen LogP contribution in [0.1, 0.15) is 11.7 Å². The largest absolute Gasteiger partial charge is 0.479 e. The van der Waals surface area contributed by atoms with Crippen LogP contribution < -0.4 is 0 Å². The molecule has 0 aliphatic heterocycles. The smallest absolute Gasteiger partial charge is 0.337 e. The maximum atomic E-state index is 12.8. The molecule has 14 heavy (non-hydrogen) atoms. The molecule has 1 unspecified atom stereocenters. The molecule has 0 aliphatic rings. The summed E-state index contributed by atoms with van der Waals surface area (Å²) in [6.07, 6.45) is -1.64. The maximum Gasteiger partial charge on any atom is 0.337 e. The Kier molecular flexibility index (Phi) is 3.85. The zero-order valence-electron chi connectivity index (χ0n) is 6.67. The average molecular weight is 375 g/mol. The van der Waals surface area contributed by atoms with E-state index in [4.69, 9.17) is 5.11 Å². The van der Waals surface area contributed by atoms with Gasteiger partial charge in [0.1, 0.15) is 5.82 Å². The molecule has 1 atom stereocenters. The molecule has 1 rings (SSSR count). The molecule has 0 amide bonds. The van der Waals surface area contributed by atoms with Gasteiger partial charge in [-0.25, -0.2) is 9.18 Å². The van der Waals surface area contributed by atoms with Crippen molar-refractivity contribution in [2.24, 2.45) is 0 Å². The lowest BCUT2D eigenvalue weighted by Crippen LogP contribution is -2.12. The van der Waals surface area contributed by atoms with Crippen LogP contribution in [0.5, 0.6) is 0 Å². The molecule has 0 spiro atoms. The Morgan fingerprint density at radius 1 is 1.57 bits per heavy atom. The van der Waals surface area contributed by atoms with Crippen molar-refractivity contribution >= 4 is 44.5 Å². The van der Waals surface area contributed by atoms with Crippen LogP contribution >= 0.6 is 38.5 Å². The quantitative estimate of drug-likeness (QED) is 0.781. The highest BCUT2D eigenvalue weighted by atomic mass is 127. The van der Waals surface area contributed by atoms with E-state index in [-0.39, 0.29) is 10.0 Å². The van der Waals surface area contributed by atoms with Gasteiger partial charge in [0.15, 0.2) is 6.10 Å². The molecule has 6 heteroatoms. The number of halogens is 3. The second kappa shape index (κ2) is 4.54. The highest BCUT2D eigenvalue weighted by molar-refractivity contribution is 14.1. The molecule has 1 aromatic carbocycles. The van der Waals surface area contributed by atoms with E-state index in [0.29, 0.717) is 3.57 Å².